The molecule has 1 aromatic heterocycles. The van der Waals surface area contributed by atoms with E-state index >= 15 is 0 Å². The van der Waals surface area contributed by atoms with Gasteiger partial charge in [-0.2, -0.15) is 0 Å². The van der Waals surface area contributed by atoms with Crippen LogP contribution in [-0.4, -0.2) is 9.67 Å². The van der Waals surface area contributed by atoms with Gasteiger partial charge >= 0.3 is 0 Å². The van der Waals surface area contributed by atoms with Gasteiger partial charge in [-0.3, -0.25) is 0 Å². The highest BCUT2D eigenvalue weighted by molar-refractivity contribution is 5.28. The van der Waals surface area contributed by atoms with Gasteiger partial charge in [0.25, 0.3) is 0 Å². The van der Waals surface area contributed by atoms with E-state index in [9.17, 15) is 5.11 Å². The lowest BCUT2D eigenvalue weighted by molar-refractivity contribution is 0.166. The van der Waals surface area contributed by atoms with Crippen LogP contribution >= 0.6 is 0 Å². The summed E-state index contributed by atoms with van der Waals surface area (Å²) in [6.45, 7) is 5.63. The number of fused-ring (bicyclic) bond motifs is 1. The Morgan fingerprint density at radius 3 is 2.76 bits per heavy atom. The first-order chi connectivity index (χ1) is 8.24. The van der Waals surface area contributed by atoms with Gasteiger partial charge in [0, 0.05) is 24.5 Å². The number of nitrogens with zero attached hydrogens (tertiary/aromatic N) is 1. The lowest BCUT2D eigenvalue weighted by Crippen LogP contribution is -2.07. The molecule has 1 aliphatic carbocycles. The Labute approximate surface area is 105 Å². The largest absolute Gasteiger partial charge is 0.388 e. The zero-order valence-electron chi connectivity index (χ0n) is 11.2. The van der Waals surface area contributed by atoms with E-state index in [-0.39, 0.29) is 6.10 Å². The normalized spacial score (nSPS) is 20.4. The summed E-state index contributed by atoms with van der Waals surface area (Å²) in [7, 11) is 0. The minimum atomic E-state index is -0.226. The van der Waals surface area contributed by atoms with Crippen LogP contribution in [0.15, 0.2) is 12.4 Å². The SMILES string of the molecule is CCC(CC)Cn1cc2c(c1)C(O)CCCC2. The fourth-order valence-corrected chi connectivity index (χ4v) is 2.84. The quantitative estimate of drug-likeness (QED) is 0.791. The van der Waals surface area contributed by atoms with Crippen LogP contribution in [0.2, 0.25) is 0 Å². The van der Waals surface area contributed by atoms with Gasteiger partial charge in [0.15, 0.2) is 0 Å². The second-order valence-corrected chi connectivity index (χ2v) is 5.38. The maximum absolute atomic E-state index is 10.1. The molecule has 1 atom stereocenters. The minimum Gasteiger partial charge on any atom is -0.388 e. The molecule has 0 amide bonds. The van der Waals surface area contributed by atoms with Crippen LogP contribution in [-0.2, 0) is 13.0 Å². The Bertz CT molecular complexity index is 352. The number of hydrogen-bond donors (Lipinski definition) is 1. The van der Waals surface area contributed by atoms with Crippen molar-refractivity contribution >= 4 is 0 Å². The van der Waals surface area contributed by atoms with Gasteiger partial charge in [0.1, 0.15) is 0 Å². The number of aromatic nitrogens is 1. The van der Waals surface area contributed by atoms with Crippen LogP contribution in [0.3, 0.4) is 0 Å². The Morgan fingerprint density at radius 1 is 1.29 bits per heavy atom. The van der Waals surface area contributed by atoms with Gasteiger partial charge in [-0.1, -0.05) is 33.1 Å². The third kappa shape index (κ3) is 2.92. The van der Waals surface area contributed by atoms with Gasteiger partial charge in [0.2, 0.25) is 0 Å². The first-order valence-corrected chi connectivity index (χ1v) is 7.11. The number of aliphatic hydroxyl groups is 1. The zero-order chi connectivity index (χ0) is 12.3. The number of hydrogen-bond acceptors (Lipinski definition) is 1. The highest BCUT2D eigenvalue weighted by Gasteiger charge is 2.18. The van der Waals surface area contributed by atoms with Crippen LogP contribution in [0.25, 0.3) is 0 Å². The molecule has 1 aromatic rings. The van der Waals surface area contributed by atoms with Crippen molar-refractivity contribution < 1.29 is 5.11 Å². The summed E-state index contributed by atoms with van der Waals surface area (Å²) in [4.78, 5) is 0. The molecule has 0 bridgehead atoms. The smallest absolute Gasteiger partial charge is 0.0807 e. The molecule has 96 valence electrons. The molecule has 2 rings (SSSR count). The van der Waals surface area contributed by atoms with Crippen molar-refractivity contribution in [1.29, 1.82) is 0 Å². The first-order valence-electron chi connectivity index (χ1n) is 7.11. The highest BCUT2D eigenvalue weighted by atomic mass is 16.3. The predicted octanol–water partition coefficient (Wildman–Crippen LogP) is 3.68. The molecule has 2 nitrogen and oxygen atoms in total. The molecule has 0 aliphatic heterocycles. The van der Waals surface area contributed by atoms with Gasteiger partial charge in [-0.05, 0) is 30.7 Å². The number of aliphatic hydroxyl groups excluding tert-OH is 1. The summed E-state index contributed by atoms with van der Waals surface area (Å²) in [5.74, 6) is 0.767. The summed E-state index contributed by atoms with van der Waals surface area (Å²) in [6, 6.07) is 0. The van der Waals surface area contributed by atoms with Crippen LogP contribution in [0.1, 0.15) is 63.2 Å². The Morgan fingerprint density at radius 2 is 2.06 bits per heavy atom. The number of aryl methyl sites for hydroxylation is 1. The van der Waals surface area contributed by atoms with Crippen molar-refractivity contribution in [2.75, 3.05) is 0 Å². The molecule has 1 aliphatic rings. The molecule has 2 heteroatoms. The van der Waals surface area contributed by atoms with Gasteiger partial charge in [-0.25, -0.2) is 0 Å². The van der Waals surface area contributed by atoms with Crippen LogP contribution in [0.5, 0.6) is 0 Å². The van der Waals surface area contributed by atoms with Crippen LogP contribution in [0.4, 0.5) is 0 Å². The summed E-state index contributed by atoms with van der Waals surface area (Å²) >= 11 is 0. The maximum atomic E-state index is 10.1. The molecule has 0 fully saturated rings. The summed E-state index contributed by atoms with van der Waals surface area (Å²) in [5.41, 5.74) is 2.56. The van der Waals surface area contributed by atoms with E-state index in [0.717, 1.165) is 31.7 Å². The molecule has 1 unspecified atom stereocenters. The summed E-state index contributed by atoms with van der Waals surface area (Å²) < 4.78 is 2.30. The Balaban J connectivity index is 2.13. The second kappa shape index (κ2) is 5.72. The molecule has 0 aromatic carbocycles. The molecular weight excluding hydrogens is 210 g/mol. The molecule has 1 N–H and O–H groups in total. The Kier molecular flexibility index (Phi) is 4.27. The highest BCUT2D eigenvalue weighted by Crippen LogP contribution is 2.29. The monoisotopic (exact) mass is 235 g/mol. The summed E-state index contributed by atoms with van der Waals surface area (Å²) in [6.07, 6.45) is 11.1. The van der Waals surface area contributed by atoms with E-state index in [0.29, 0.717) is 0 Å². The Hall–Kier alpha value is -0.760. The van der Waals surface area contributed by atoms with Gasteiger partial charge < -0.3 is 9.67 Å². The molecule has 0 saturated heterocycles. The zero-order valence-corrected chi connectivity index (χ0v) is 11.2. The van der Waals surface area contributed by atoms with Crippen LogP contribution in [0, 0.1) is 5.92 Å². The van der Waals surface area contributed by atoms with E-state index in [1.165, 1.54) is 30.4 Å². The first kappa shape index (κ1) is 12.7. The van der Waals surface area contributed by atoms with E-state index < -0.39 is 0 Å². The predicted molar refractivity (Wildman–Crippen MR) is 71.0 cm³/mol. The summed E-state index contributed by atoms with van der Waals surface area (Å²) in [5, 5.41) is 10.1. The van der Waals surface area contributed by atoms with Crippen molar-refractivity contribution in [3.63, 3.8) is 0 Å². The van der Waals surface area contributed by atoms with Crippen molar-refractivity contribution in [3.05, 3.63) is 23.5 Å². The fraction of sp³-hybridized carbons (Fsp3) is 0.733. The van der Waals surface area contributed by atoms with Crippen molar-refractivity contribution in [3.8, 4) is 0 Å². The maximum Gasteiger partial charge on any atom is 0.0807 e. The molecule has 0 saturated carbocycles. The van der Waals surface area contributed by atoms with E-state index in [1.807, 2.05) is 0 Å². The number of rotatable bonds is 4. The second-order valence-electron chi connectivity index (χ2n) is 5.38. The molecule has 0 radical (unpaired) electrons. The van der Waals surface area contributed by atoms with Gasteiger partial charge in [-0.15, -0.1) is 0 Å². The van der Waals surface area contributed by atoms with Crippen molar-refractivity contribution in [1.82, 2.24) is 4.57 Å². The minimum absolute atomic E-state index is 0.226. The van der Waals surface area contributed by atoms with E-state index in [1.54, 1.807) is 0 Å². The van der Waals surface area contributed by atoms with E-state index in [2.05, 4.69) is 30.8 Å². The lowest BCUT2D eigenvalue weighted by Gasteiger charge is -2.13. The van der Waals surface area contributed by atoms with Gasteiger partial charge in [0.05, 0.1) is 6.10 Å². The van der Waals surface area contributed by atoms with Crippen molar-refractivity contribution in [2.45, 2.75) is 65.0 Å². The average Bonchev–Trinajstić information content (AvgIpc) is 2.67. The fourth-order valence-electron chi connectivity index (χ4n) is 2.84. The van der Waals surface area contributed by atoms with E-state index in [4.69, 9.17) is 0 Å². The molecular formula is C15H25NO. The third-order valence-corrected chi connectivity index (χ3v) is 4.15. The molecule has 0 spiro atoms. The van der Waals surface area contributed by atoms with Crippen LogP contribution < -0.4 is 0 Å². The third-order valence-electron chi connectivity index (χ3n) is 4.15. The average molecular weight is 235 g/mol. The molecule has 1 heterocycles. The molecule has 17 heavy (non-hydrogen) atoms. The standard InChI is InChI=1S/C15H25NO/c1-3-12(4-2)9-16-10-13-7-5-6-8-15(17)14(13)11-16/h10-12,15,17H,3-9H2,1-2H3. The lowest BCUT2D eigenvalue weighted by atomic mass is 10.0. The van der Waals surface area contributed by atoms with Crippen molar-refractivity contribution in [2.24, 2.45) is 5.92 Å². The topological polar surface area (TPSA) is 25.2 Å².